The predicted molar refractivity (Wildman–Crippen MR) is 45.9 cm³/mol. The lowest BCUT2D eigenvalue weighted by Gasteiger charge is -2.11. The van der Waals surface area contributed by atoms with E-state index in [0.717, 1.165) is 11.4 Å². The smallest absolute Gasteiger partial charge is 0.0934 e. The molecule has 1 aliphatic rings. The number of alkyl halides is 1. The third-order valence-corrected chi connectivity index (χ3v) is 2.21. The van der Waals surface area contributed by atoms with Crippen LogP contribution in [-0.4, -0.2) is 16.2 Å². The average Bonchev–Trinajstić information content (AvgIpc) is 2.06. The van der Waals surface area contributed by atoms with Gasteiger partial charge in [0.05, 0.1) is 22.8 Å². The molecule has 2 rings (SSSR count). The third kappa shape index (κ3) is 1.18. The Kier molecular flexibility index (Phi) is 1.69. The van der Waals surface area contributed by atoms with Gasteiger partial charge in [0.15, 0.2) is 0 Å². The summed E-state index contributed by atoms with van der Waals surface area (Å²) in [5, 5.41) is 0. The lowest BCUT2D eigenvalue weighted by Crippen LogP contribution is -2.07. The Labute approximate surface area is 72.7 Å². The number of nitrogens with zero attached hydrogens (tertiary/aromatic N) is 3. The number of aromatic nitrogens is 2. The second-order valence-corrected chi connectivity index (χ2v) is 3.27. The van der Waals surface area contributed by atoms with Crippen molar-refractivity contribution in [2.45, 2.75) is 11.4 Å². The molecule has 3 nitrogen and oxygen atoms in total. The average molecular weight is 212 g/mol. The second kappa shape index (κ2) is 2.70. The molecule has 1 atom stereocenters. The molecule has 0 radical (unpaired) electrons. The van der Waals surface area contributed by atoms with Crippen molar-refractivity contribution in [2.75, 3.05) is 0 Å². The summed E-state index contributed by atoms with van der Waals surface area (Å²) in [6.45, 7) is 0.658. The van der Waals surface area contributed by atoms with E-state index in [1.165, 1.54) is 0 Å². The van der Waals surface area contributed by atoms with Gasteiger partial charge in [-0.05, 0) is 0 Å². The Bertz CT molecular complexity index is 297. The SMILES string of the molecule is BrC1C=NCc2nccnc21. The summed E-state index contributed by atoms with van der Waals surface area (Å²) in [6, 6.07) is 0. The maximum atomic E-state index is 4.20. The summed E-state index contributed by atoms with van der Waals surface area (Å²) < 4.78 is 0. The van der Waals surface area contributed by atoms with Crippen LogP contribution in [0.3, 0.4) is 0 Å². The molecule has 2 heterocycles. The number of hydrogen-bond acceptors (Lipinski definition) is 3. The van der Waals surface area contributed by atoms with Crippen molar-refractivity contribution in [3.05, 3.63) is 23.8 Å². The van der Waals surface area contributed by atoms with Crippen LogP contribution in [0.1, 0.15) is 16.2 Å². The lowest BCUT2D eigenvalue weighted by molar-refractivity contribution is 0.888. The summed E-state index contributed by atoms with van der Waals surface area (Å²) >= 11 is 3.44. The molecule has 0 spiro atoms. The molecule has 1 aliphatic heterocycles. The largest absolute Gasteiger partial charge is 0.289 e. The molecule has 0 aliphatic carbocycles. The van der Waals surface area contributed by atoms with E-state index in [4.69, 9.17) is 0 Å². The van der Waals surface area contributed by atoms with E-state index < -0.39 is 0 Å². The minimum Gasteiger partial charge on any atom is -0.289 e. The Morgan fingerprint density at radius 1 is 1.36 bits per heavy atom. The number of fused-ring (bicyclic) bond motifs is 1. The first-order valence-electron chi connectivity index (χ1n) is 3.32. The number of rotatable bonds is 0. The van der Waals surface area contributed by atoms with E-state index in [9.17, 15) is 0 Å². The molecule has 0 saturated heterocycles. The molecule has 0 fully saturated rings. The highest BCUT2D eigenvalue weighted by atomic mass is 79.9. The van der Waals surface area contributed by atoms with Gasteiger partial charge in [-0.15, -0.1) is 0 Å². The zero-order valence-electron chi connectivity index (χ0n) is 5.74. The Balaban J connectivity index is 2.50. The monoisotopic (exact) mass is 211 g/mol. The summed E-state index contributed by atoms with van der Waals surface area (Å²) in [5.41, 5.74) is 1.96. The fraction of sp³-hybridized carbons (Fsp3) is 0.286. The van der Waals surface area contributed by atoms with Gasteiger partial charge in [0.1, 0.15) is 0 Å². The third-order valence-electron chi connectivity index (χ3n) is 1.54. The van der Waals surface area contributed by atoms with Crippen LogP contribution in [0.5, 0.6) is 0 Å². The van der Waals surface area contributed by atoms with Crippen LogP contribution in [0.4, 0.5) is 0 Å². The first kappa shape index (κ1) is 6.91. The Hall–Kier alpha value is -0.770. The minimum absolute atomic E-state index is 0.139. The molecule has 0 bridgehead atoms. The van der Waals surface area contributed by atoms with Crippen molar-refractivity contribution in [1.82, 2.24) is 9.97 Å². The second-order valence-electron chi connectivity index (χ2n) is 2.28. The van der Waals surface area contributed by atoms with Gasteiger partial charge in [0.25, 0.3) is 0 Å². The molecule has 1 aromatic rings. The van der Waals surface area contributed by atoms with Crippen molar-refractivity contribution in [2.24, 2.45) is 4.99 Å². The van der Waals surface area contributed by atoms with Crippen molar-refractivity contribution in [1.29, 1.82) is 0 Å². The standard InChI is InChI=1S/C7H6BrN3/c8-5-3-9-4-6-7(5)11-2-1-10-6/h1-3,5H,4H2. The lowest BCUT2D eigenvalue weighted by atomic mass is 10.2. The van der Waals surface area contributed by atoms with Crippen LogP contribution in [0, 0.1) is 0 Å². The van der Waals surface area contributed by atoms with Crippen LogP contribution >= 0.6 is 15.9 Å². The highest BCUT2D eigenvalue weighted by Crippen LogP contribution is 2.24. The fourth-order valence-corrected chi connectivity index (χ4v) is 1.58. The quantitative estimate of drug-likeness (QED) is 0.611. The molecule has 0 N–H and O–H groups in total. The van der Waals surface area contributed by atoms with Gasteiger partial charge in [0, 0.05) is 18.6 Å². The Morgan fingerprint density at radius 2 is 2.18 bits per heavy atom. The van der Waals surface area contributed by atoms with Gasteiger partial charge in [0.2, 0.25) is 0 Å². The molecule has 1 aromatic heterocycles. The maximum Gasteiger partial charge on any atom is 0.0934 e. The summed E-state index contributed by atoms with van der Waals surface area (Å²) in [6.07, 6.45) is 5.24. The van der Waals surface area contributed by atoms with Crippen LogP contribution in [0.15, 0.2) is 17.4 Å². The molecule has 4 heteroatoms. The molecular formula is C7H6BrN3. The van der Waals surface area contributed by atoms with Crippen molar-refractivity contribution in [3.8, 4) is 0 Å². The number of aliphatic imine (C=N–C) groups is 1. The molecule has 0 saturated carbocycles. The van der Waals surface area contributed by atoms with E-state index in [-0.39, 0.29) is 4.83 Å². The summed E-state index contributed by atoms with van der Waals surface area (Å²) in [4.78, 5) is 12.6. The first-order chi connectivity index (χ1) is 5.38. The highest BCUT2D eigenvalue weighted by Gasteiger charge is 2.15. The van der Waals surface area contributed by atoms with Crippen molar-refractivity contribution in [3.63, 3.8) is 0 Å². The van der Waals surface area contributed by atoms with Gasteiger partial charge in [-0.1, -0.05) is 15.9 Å². The minimum atomic E-state index is 0.139. The van der Waals surface area contributed by atoms with Gasteiger partial charge >= 0.3 is 0 Å². The topological polar surface area (TPSA) is 38.1 Å². The number of hydrogen-bond donors (Lipinski definition) is 0. The normalized spacial score (nSPS) is 21.4. The molecule has 0 aromatic carbocycles. The Morgan fingerprint density at radius 3 is 3.00 bits per heavy atom. The first-order valence-corrected chi connectivity index (χ1v) is 4.23. The van der Waals surface area contributed by atoms with Gasteiger partial charge in [-0.3, -0.25) is 15.0 Å². The van der Waals surface area contributed by atoms with E-state index in [1.807, 2.05) is 6.21 Å². The zero-order valence-corrected chi connectivity index (χ0v) is 7.32. The van der Waals surface area contributed by atoms with Crippen LogP contribution < -0.4 is 0 Å². The van der Waals surface area contributed by atoms with E-state index in [2.05, 4.69) is 30.9 Å². The number of halogens is 1. The van der Waals surface area contributed by atoms with E-state index in [0.29, 0.717) is 6.54 Å². The fourth-order valence-electron chi connectivity index (χ4n) is 1.03. The van der Waals surface area contributed by atoms with Crippen molar-refractivity contribution >= 4 is 22.1 Å². The molecule has 11 heavy (non-hydrogen) atoms. The zero-order chi connectivity index (χ0) is 7.68. The van der Waals surface area contributed by atoms with Crippen LogP contribution in [-0.2, 0) is 6.54 Å². The van der Waals surface area contributed by atoms with Crippen LogP contribution in [0.2, 0.25) is 0 Å². The molecule has 56 valence electrons. The van der Waals surface area contributed by atoms with Gasteiger partial charge < -0.3 is 0 Å². The predicted octanol–water partition coefficient (Wildman–Crippen LogP) is 1.50. The molecular weight excluding hydrogens is 206 g/mol. The summed E-state index contributed by atoms with van der Waals surface area (Å²) in [5.74, 6) is 0. The van der Waals surface area contributed by atoms with Crippen molar-refractivity contribution < 1.29 is 0 Å². The summed E-state index contributed by atoms with van der Waals surface area (Å²) in [7, 11) is 0. The van der Waals surface area contributed by atoms with Gasteiger partial charge in [-0.25, -0.2) is 0 Å². The van der Waals surface area contributed by atoms with Gasteiger partial charge in [-0.2, -0.15) is 0 Å². The molecule has 0 amide bonds. The van der Waals surface area contributed by atoms with E-state index >= 15 is 0 Å². The van der Waals surface area contributed by atoms with Crippen LogP contribution in [0.25, 0.3) is 0 Å². The molecule has 1 unspecified atom stereocenters. The maximum absolute atomic E-state index is 4.20. The highest BCUT2D eigenvalue weighted by molar-refractivity contribution is 9.09. The van der Waals surface area contributed by atoms with E-state index in [1.54, 1.807) is 12.4 Å².